The van der Waals surface area contributed by atoms with Gasteiger partial charge in [-0.1, -0.05) is 6.92 Å². The molecule has 8 heteroatoms. The number of nitrogens with one attached hydrogen (secondary N) is 2. The van der Waals surface area contributed by atoms with Crippen LogP contribution in [-0.4, -0.2) is 41.9 Å². The summed E-state index contributed by atoms with van der Waals surface area (Å²) < 4.78 is 25.3. The number of aromatic nitrogens is 1. The summed E-state index contributed by atoms with van der Waals surface area (Å²) in [6.07, 6.45) is 0.479. The molecule has 1 saturated heterocycles. The Hall–Kier alpha value is -2.06. The van der Waals surface area contributed by atoms with E-state index in [9.17, 15) is 18.4 Å². The molecule has 1 unspecified atom stereocenters. The first kappa shape index (κ1) is 24.6. The molecule has 1 atom stereocenters. The van der Waals surface area contributed by atoms with Gasteiger partial charge in [-0.15, -0.1) is 11.3 Å². The quantitative estimate of drug-likeness (QED) is 0.591. The van der Waals surface area contributed by atoms with Crippen molar-refractivity contribution in [2.24, 2.45) is 5.92 Å². The van der Waals surface area contributed by atoms with Gasteiger partial charge in [0.05, 0.1) is 12.1 Å². The van der Waals surface area contributed by atoms with Gasteiger partial charge >= 0.3 is 0 Å². The zero-order chi connectivity index (χ0) is 23.4. The number of carbonyl (C=O) groups excluding carboxylic acids is 1. The van der Waals surface area contributed by atoms with Crippen molar-refractivity contribution in [2.45, 2.75) is 65.8 Å². The molecule has 1 fully saturated rings. The summed E-state index contributed by atoms with van der Waals surface area (Å²) in [5, 5.41) is 4.80. The predicted octanol–water partition coefficient (Wildman–Crippen LogP) is 4.76. The highest BCUT2D eigenvalue weighted by atomic mass is 32.1. The fraction of sp³-hybridized carbons (Fsp3) is 0.583. The molecule has 1 aliphatic heterocycles. The minimum Gasteiger partial charge on any atom is -0.348 e. The molecule has 5 nitrogen and oxygen atoms in total. The van der Waals surface area contributed by atoms with E-state index in [1.807, 2.05) is 37.1 Å². The van der Waals surface area contributed by atoms with Crippen molar-refractivity contribution in [1.29, 1.82) is 0 Å². The van der Waals surface area contributed by atoms with E-state index in [1.54, 1.807) is 11.3 Å². The van der Waals surface area contributed by atoms with Gasteiger partial charge in [-0.25, -0.2) is 8.78 Å². The normalized spacial score (nSPS) is 16.5. The number of hydrogen-bond donors (Lipinski definition) is 2. The number of hydrogen-bond acceptors (Lipinski definition) is 4. The van der Waals surface area contributed by atoms with Gasteiger partial charge in [-0.2, -0.15) is 0 Å². The maximum Gasteiger partial charge on any atom is 0.253 e. The molecule has 2 aromatic rings. The van der Waals surface area contributed by atoms with E-state index < -0.39 is 6.43 Å². The monoisotopic (exact) mass is 465 g/mol. The third kappa shape index (κ3) is 5.64. The van der Waals surface area contributed by atoms with E-state index in [4.69, 9.17) is 0 Å². The van der Waals surface area contributed by atoms with Gasteiger partial charge in [-0.3, -0.25) is 14.5 Å². The number of likely N-dealkylation sites (tertiary alicyclic amines) is 1. The molecule has 176 valence electrons. The molecule has 1 amide bonds. The Balaban J connectivity index is 1.67. The number of amides is 1. The third-order valence-electron chi connectivity index (χ3n) is 6.62. The van der Waals surface area contributed by atoms with Crippen LogP contribution in [0.15, 0.2) is 16.2 Å². The van der Waals surface area contributed by atoms with Crippen LogP contribution >= 0.6 is 11.3 Å². The van der Waals surface area contributed by atoms with E-state index in [0.717, 1.165) is 36.1 Å². The van der Waals surface area contributed by atoms with Crippen molar-refractivity contribution in [3.8, 4) is 0 Å². The van der Waals surface area contributed by atoms with E-state index in [-0.39, 0.29) is 24.6 Å². The van der Waals surface area contributed by atoms with Gasteiger partial charge in [0.2, 0.25) is 0 Å². The highest BCUT2D eigenvalue weighted by Crippen LogP contribution is 2.40. The molecule has 2 N–H and O–H groups in total. The zero-order valence-electron chi connectivity index (χ0n) is 19.3. The van der Waals surface area contributed by atoms with Crippen LogP contribution in [0.25, 0.3) is 0 Å². The minimum absolute atomic E-state index is 0.144. The van der Waals surface area contributed by atoms with Crippen LogP contribution in [-0.2, 0) is 6.54 Å². The van der Waals surface area contributed by atoms with Gasteiger partial charge in [0.25, 0.3) is 17.9 Å². The number of halogens is 2. The van der Waals surface area contributed by atoms with Crippen molar-refractivity contribution < 1.29 is 13.6 Å². The second-order valence-electron chi connectivity index (χ2n) is 8.81. The van der Waals surface area contributed by atoms with Crippen LogP contribution in [0.2, 0.25) is 0 Å². The Labute approximate surface area is 192 Å². The second-order valence-corrected chi connectivity index (χ2v) is 9.72. The van der Waals surface area contributed by atoms with Crippen LogP contribution in [0.5, 0.6) is 0 Å². The fourth-order valence-corrected chi connectivity index (χ4v) is 6.20. The number of H-pyrrole nitrogens is 1. The van der Waals surface area contributed by atoms with Crippen LogP contribution < -0.4 is 10.9 Å². The largest absolute Gasteiger partial charge is 0.348 e. The smallest absolute Gasteiger partial charge is 0.253 e. The topological polar surface area (TPSA) is 65.2 Å². The number of aryl methyl sites for hydroxylation is 2. The van der Waals surface area contributed by atoms with Gasteiger partial charge < -0.3 is 10.3 Å². The minimum atomic E-state index is -2.28. The maximum atomic E-state index is 12.9. The van der Waals surface area contributed by atoms with Crippen molar-refractivity contribution in [3.63, 3.8) is 0 Å². The standard InChI is InChI=1S/C24H33F2N3O2S/c1-5-18(17-6-8-29(9-7-17)12-21(25)26)22-16(4)20(13-32-22)23(30)27-11-19-14(2)10-15(3)28-24(19)31/h10,13,17-18,21H,5-9,11-12H2,1-4H3,(H,27,30)(H,28,31). The average Bonchev–Trinajstić information content (AvgIpc) is 3.10. The predicted molar refractivity (Wildman–Crippen MR) is 125 cm³/mol. The van der Waals surface area contributed by atoms with Crippen LogP contribution in [0.4, 0.5) is 8.78 Å². The van der Waals surface area contributed by atoms with E-state index >= 15 is 0 Å². The molecule has 0 radical (unpaired) electrons. The van der Waals surface area contributed by atoms with Crippen molar-refractivity contribution in [1.82, 2.24) is 15.2 Å². The maximum absolute atomic E-state index is 12.9. The summed E-state index contributed by atoms with van der Waals surface area (Å²) in [5.41, 5.74) is 3.70. The molecule has 0 bridgehead atoms. The number of alkyl halides is 2. The molecule has 2 aromatic heterocycles. The van der Waals surface area contributed by atoms with Gasteiger partial charge in [-0.05, 0) is 82.2 Å². The number of rotatable bonds is 8. The molecule has 0 aliphatic carbocycles. The van der Waals surface area contributed by atoms with Crippen LogP contribution in [0.1, 0.15) is 69.7 Å². The van der Waals surface area contributed by atoms with Crippen molar-refractivity contribution in [2.75, 3.05) is 19.6 Å². The number of nitrogens with zero attached hydrogens (tertiary/aromatic N) is 1. The second kappa shape index (κ2) is 10.7. The molecule has 3 heterocycles. The lowest BCUT2D eigenvalue weighted by Gasteiger charge is -2.35. The molecule has 3 rings (SSSR count). The lowest BCUT2D eigenvalue weighted by atomic mass is 9.80. The Morgan fingerprint density at radius 3 is 2.56 bits per heavy atom. The number of carbonyl (C=O) groups is 1. The molecule has 0 saturated carbocycles. The number of pyridine rings is 1. The Morgan fingerprint density at radius 2 is 1.97 bits per heavy atom. The summed E-state index contributed by atoms with van der Waals surface area (Å²) in [5.74, 6) is 0.597. The third-order valence-corrected chi connectivity index (χ3v) is 7.83. The first-order valence-corrected chi connectivity index (χ1v) is 12.1. The van der Waals surface area contributed by atoms with E-state index in [1.165, 1.54) is 4.88 Å². The Bertz CT molecular complexity index is 994. The summed E-state index contributed by atoms with van der Waals surface area (Å²) in [7, 11) is 0. The number of piperidine rings is 1. The lowest BCUT2D eigenvalue weighted by molar-refractivity contribution is 0.0656. The van der Waals surface area contributed by atoms with Gasteiger partial charge in [0.15, 0.2) is 0 Å². The summed E-state index contributed by atoms with van der Waals surface area (Å²) in [6, 6.07) is 1.90. The first-order valence-electron chi connectivity index (χ1n) is 11.3. The highest BCUT2D eigenvalue weighted by molar-refractivity contribution is 7.10. The number of aromatic amines is 1. The molecule has 0 aromatic carbocycles. The SMILES string of the molecule is CCC(c1scc(C(=O)NCc2c(C)cc(C)[nH]c2=O)c1C)C1CCN(CC(F)F)CC1. The Kier molecular flexibility index (Phi) is 8.22. The molecule has 0 spiro atoms. The van der Waals surface area contributed by atoms with Crippen LogP contribution in [0, 0.1) is 26.7 Å². The molecule has 32 heavy (non-hydrogen) atoms. The lowest BCUT2D eigenvalue weighted by Crippen LogP contribution is -2.38. The van der Waals surface area contributed by atoms with Crippen molar-refractivity contribution in [3.05, 3.63) is 54.6 Å². The molecule has 1 aliphatic rings. The summed E-state index contributed by atoms with van der Waals surface area (Å²) in [6.45, 7) is 9.29. The molecular formula is C24H33F2N3O2S. The van der Waals surface area contributed by atoms with E-state index in [0.29, 0.717) is 36.1 Å². The number of thiophene rings is 1. The Morgan fingerprint density at radius 1 is 1.28 bits per heavy atom. The highest BCUT2D eigenvalue weighted by Gasteiger charge is 2.30. The van der Waals surface area contributed by atoms with Crippen molar-refractivity contribution >= 4 is 17.2 Å². The average molecular weight is 466 g/mol. The zero-order valence-corrected chi connectivity index (χ0v) is 20.1. The summed E-state index contributed by atoms with van der Waals surface area (Å²) in [4.78, 5) is 30.9. The molecular weight excluding hydrogens is 432 g/mol. The summed E-state index contributed by atoms with van der Waals surface area (Å²) >= 11 is 1.61. The first-order chi connectivity index (χ1) is 15.2. The van der Waals surface area contributed by atoms with E-state index in [2.05, 4.69) is 17.2 Å². The van der Waals surface area contributed by atoms with Gasteiger partial charge in [0.1, 0.15) is 0 Å². The fourth-order valence-electron chi connectivity index (χ4n) is 4.85. The van der Waals surface area contributed by atoms with Gasteiger partial charge in [0, 0.05) is 28.1 Å². The van der Waals surface area contributed by atoms with Crippen LogP contribution in [0.3, 0.4) is 0 Å².